The number of thiazole rings is 1. The maximum Gasteiger partial charge on any atom is 0.0995 e. The molecule has 92 valence electrons. The first-order valence-corrected chi connectivity index (χ1v) is 6.64. The maximum atomic E-state index is 8.95. The molecule has 0 radical (unpaired) electrons. The number of benzene rings is 1. The number of aromatic nitrogens is 1. The SMILES string of the molecule is Cc1ncsc1CCOCc1ccccc1C#N. The average Bonchev–Trinajstić information content (AvgIpc) is 2.81. The highest BCUT2D eigenvalue weighted by molar-refractivity contribution is 7.09. The number of ether oxygens (including phenoxy) is 1. The van der Waals surface area contributed by atoms with E-state index in [4.69, 9.17) is 10.00 Å². The van der Waals surface area contributed by atoms with Crippen LogP contribution in [0.4, 0.5) is 0 Å². The summed E-state index contributed by atoms with van der Waals surface area (Å²) in [7, 11) is 0. The van der Waals surface area contributed by atoms with Crippen LogP contribution in [0.5, 0.6) is 0 Å². The molecule has 0 N–H and O–H groups in total. The van der Waals surface area contributed by atoms with E-state index in [0.717, 1.165) is 17.7 Å². The predicted octanol–water partition coefficient (Wildman–Crippen LogP) is 3.08. The van der Waals surface area contributed by atoms with E-state index in [1.165, 1.54) is 4.88 Å². The largest absolute Gasteiger partial charge is 0.376 e. The van der Waals surface area contributed by atoms with Crippen molar-refractivity contribution in [3.05, 3.63) is 51.5 Å². The first-order valence-electron chi connectivity index (χ1n) is 5.76. The lowest BCUT2D eigenvalue weighted by Gasteiger charge is -2.05. The molecule has 1 aromatic carbocycles. The molecule has 1 heterocycles. The molecule has 0 saturated carbocycles. The summed E-state index contributed by atoms with van der Waals surface area (Å²) < 4.78 is 5.62. The highest BCUT2D eigenvalue weighted by atomic mass is 32.1. The number of rotatable bonds is 5. The van der Waals surface area contributed by atoms with Gasteiger partial charge in [-0.15, -0.1) is 11.3 Å². The monoisotopic (exact) mass is 258 g/mol. The van der Waals surface area contributed by atoms with E-state index in [-0.39, 0.29) is 0 Å². The van der Waals surface area contributed by atoms with Crippen molar-refractivity contribution in [1.29, 1.82) is 5.26 Å². The molecule has 18 heavy (non-hydrogen) atoms. The van der Waals surface area contributed by atoms with Crippen LogP contribution in [-0.2, 0) is 17.8 Å². The fraction of sp³-hybridized carbons (Fsp3) is 0.286. The van der Waals surface area contributed by atoms with Crippen LogP contribution in [0, 0.1) is 18.3 Å². The summed E-state index contributed by atoms with van der Waals surface area (Å²) in [5.41, 5.74) is 4.57. The van der Waals surface area contributed by atoms with Crippen molar-refractivity contribution >= 4 is 11.3 Å². The Hall–Kier alpha value is -1.70. The summed E-state index contributed by atoms with van der Waals surface area (Å²) in [6.45, 7) is 3.15. The molecule has 0 aliphatic heterocycles. The van der Waals surface area contributed by atoms with Crippen LogP contribution in [0.15, 0.2) is 29.8 Å². The Morgan fingerprint density at radius 2 is 2.22 bits per heavy atom. The molecule has 0 spiro atoms. The Bertz CT molecular complexity index is 557. The van der Waals surface area contributed by atoms with E-state index in [1.807, 2.05) is 36.7 Å². The smallest absolute Gasteiger partial charge is 0.0995 e. The van der Waals surface area contributed by atoms with Crippen molar-refractivity contribution in [1.82, 2.24) is 4.98 Å². The lowest BCUT2D eigenvalue weighted by Crippen LogP contribution is -2.00. The highest BCUT2D eigenvalue weighted by Gasteiger charge is 2.03. The van der Waals surface area contributed by atoms with E-state index in [0.29, 0.717) is 18.8 Å². The summed E-state index contributed by atoms with van der Waals surface area (Å²) in [5, 5.41) is 8.95. The molecule has 2 aromatic rings. The molecule has 0 saturated heterocycles. The van der Waals surface area contributed by atoms with Crippen LogP contribution in [0.1, 0.15) is 21.7 Å². The van der Waals surface area contributed by atoms with Gasteiger partial charge in [-0.3, -0.25) is 0 Å². The minimum absolute atomic E-state index is 0.488. The van der Waals surface area contributed by atoms with Gasteiger partial charge >= 0.3 is 0 Å². The van der Waals surface area contributed by atoms with Crippen molar-refractivity contribution in [3.8, 4) is 6.07 Å². The number of hydrogen-bond acceptors (Lipinski definition) is 4. The quantitative estimate of drug-likeness (QED) is 0.774. The second kappa shape index (κ2) is 6.29. The minimum atomic E-state index is 0.488. The van der Waals surface area contributed by atoms with E-state index in [2.05, 4.69) is 11.1 Å². The number of nitriles is 1. The Balaban J connectivity index is 1.82. The zero-order valence-electron chi connectivity index (χ0n) is 10.2. The molecule has 0 aliphatic carbocycles. The third kappa shape index (κ3) is 3.16. The Kier molecular flexibility index (Phi) is 4.46. The molecule has 0 unspecified atom stereocenters. The summed E-state index contributed by atoms with van der Waals surface area (Å²) in [6.07, 6.45) is 0.880. The molecular weight excluding hydrogens is 244 g/mol. The van der Waals surface area contributed by atoms with Crippen molar-refractivity contribution in [2.45, 2.75) is 20.0 Å². The van der Waals surface area contributed by atoms with Gasteiger partial charge in [-0.2, -0.15) is 5.26 Å². The van der Waals surface area contributed by atoms with E-state index >= 15 is 0 Å². The van der Waals surface area contributed by atoms with E-state index in [9.17, 15) is 0 Å². The lowest BCUT2D eigenvalue weighted by molar-refractivity contribution is 0.124. The molecule has 0 amide bonds. The first kappa shape index (κ1) is 12.7. The fourth-order valence-electron chi connectivity index (χ4n) is 1.67. The van der Waals surface area contributed by atoms with Crippen molar-refractivity contribution in [2.75, 3.05) is 6.61 Å². The van der Waals surface area contributed by atoms with Gasteiger partial charge in [0.25, 0.3) is 0 Å². The maximum absolute atomic E-state index is 8.95. The third-order valence-corrected chi connectivity index (χ3v) is 3.71. The number of aryl methyl sites for hydroxylation is 1. The normalized spacial score (nSPS) is 10.2. The molecule has 0 fully saturated rings. The van der Waals surface area contributed by atoms with Crippen molar-refractivity contribution < 1.29 is 4.74 Å². The van der Waals surface area contributed by atoms with Gasteiger partial charge in [0.05, 0.1) is 36.1 Å². The average molecular weight is 258 g/mol. The van der Waals surface area contributed by atoms with Gasteiger partial charge in [-0.05, 0) is 18.6 Å². The summed E-state index contributed by atoms with van der Waals surface area (Å²) in [5.74, 6) is 0. The lowest BCUT2D eigenvalue weighted by atomic mass is 10.1. The second-order valence-electron chi connectivity index (χ2n) is 3.93. The number of hydrogen-bond donors (Lipinski definition) is 0. The Labute approximate surface area is 111 Å². The van der Waals surface area contributed by atoms with Gasteiger partial charge in [0, 0.05) is 11.3 Å². The highest BCUT2D eigenvalue weighted by Crippen LogP contribution is 2.13. The van der Waals surface area contributed by atoms with Gasteiger partial charge in [-0.25, -0.2) is 4.98 Å². The van der Waals surface area contributed by atoms with Crippen LogP contribution in [-0.4, -0.2) is 11.6 Å². The van der Waals surface area contributed by atoms with Crippen LogP contribution in [0.2, 0.25) is 0 Å². The van der Waals surface area contributed by atoms with Gasteiger partial charge < -0.3 is 4.74 Å². The van der Waals surface area contributed by atoms with Crippen LogP contribution in [0.3, 0.4) is 0 Å². The molecule has 0 atom stereocenters. The zero-order chi connectivity index (χ0) is 12.8. The van der Waals surface area contributed by atoms with Crippen LogP contribution >= 0.6 is 11.3 Å². The third-order valence-electron chi connectivity index (χ3n) is 2.71. The van der Waals surface area contributed by atoms with Crippen molar-refractivity contribution in [2.24, 2.45) is 0 Å². The molecule has 4 heteroatoms. The van der Waals surface area contributed by atoms with Crippen LogP contribution < -0.4 is 0 Å². The first-order chi connectivity index (χ1) is 8.81. The minimum Gasteiger partial charge on any atom is -0.376 e. The summed E-state index contributed by atoms with van der Waals surface area (Å²) in [4.78, 5) is 5.47. The molecule has 3 nitrogen and oxygen atoms in total. The Morgan fingerprint density at radius 3 is 2.94 bits per heavy atom. The summed E-state index contributed by atoms with van der Waals surface area (Å²) >= 11 is 1.66. The summed E-state index contributed by atoms with van der Waals surface area (Å²) in [6, 6.07) is 9.70. The zero-order valence-corrected chi connectivity index (χ0v) is 11.0. The fourth-order valence-corrected chi connectivity index (χ4v) is 2.43. The second-order valence-corrected chi connectivity index (χ2v) is 4.87. The molecular formula is C14H14N2OS. The van der Waals surface area contributed by atoms with Gasteiger partial charge in [0.15, 0.2) is 0 Å². The predicted molar refractivity (Wildman–Crippen MR) is 71.4 cm³/mol. The molecule has 0 aliphatic rings. The van der Waals surface area contributed by atoms with E-state index in [1.54, 1.807) is 11.3 Å². The van der Waals surface area contributed by atoms with Crippen molar-refractivity contribution in [3.63, 3.8) is 0 Å². The van der Waals surface area contributed by atoms with Crippen LogP contribution in [0.25, 0.3) is 0 Å². The molecule has 1 aromatic heterocycles. The van der Waals surface area contributed by atoms with E-state index < -0.39 is 0 Å². The molecule has 2 rings (SSSR count). The Morgan fingerprint density at radius 1 is 1.39 bits per heavy atom. The number of nitrogens with zero attached hydrogens (tertiary/aromatic N) is 2. The topological polar surface area (TPSA) is 45.9 Å². The van der Waals surface area contributed by atoms with Gasteiger partial charge in [-0.1, -0.05) is 18.2 Å². The molecule has 0 bridgehead atoms. The van der Waals surface area contributed by atoms with Gasteiger partial charge in [0.2, 0.25) is 0 Å². The van der Waals surface area contributed by atoms with Gasteiger partial charge in [0.1, 0.15) is 0 Å². The standard InChI is InChI=1S/C14H14N2OS/c1-11-14(18-10-16-11)6-7-17-9-13-5-3-2-4-12(13)8-15/h2-5,10H,6-7,9H2,1H3.